The average molecular weight is 400 g/mol. The van der Waals surface area contributed by atoms with E-state index in [1.54, 1.807) is 19.2 Å². The van der Waals surface area contributed by atoms with Crippen molar-refractivity contribution in [3.8, 4) is 11.5 Å². The van der Waals surface area contributed by atoms with Crippen molar-refractivity contribution in [1.29, 1.82) is 0 Å². The number of nitrogens with one attached hydrogen (secondary N) is 2. The number of halogens is 1. The van der Waals surface area contributed by atoms with Gasteiger partial charge < -0.3 is 20.1 Å². The summed E-state index contributed by atoms with van der Waals surface area (Å²) in [6.45, 7) is 4.60. The van der Waals surface area contributed by atoms with Crippen LogP contribution >= 0.6 is 0 Å². The molecule has 2 unspecified atom stereocenters. The van der Waals surface area contributed by atoms with Crippen LogP contribution in [0.1, 0.15) is 36.2 Å². The first-order chi connectivity index (χ1) is 13.9. The molecular formula is C22H25FN2O4. The van der Waals surface area contributed by atoms with Crippen molar-refractivity contribution in [1.82, 2.24) is 5.32 Å². The number of carbonyl (C=O) groups excluding carboxylic acids is 2. The Morgan fingerprint density at radius 1 is 1.17 bits per heavy atom. The summed E-state index contributed by atoms with van der Waals surface area (Å²) in [6.07, 6.45) is 0.828. The van der Waals surface area contributed by atoms with E-state index < -0.39 is 11.7 Å². The van der Waals surface area contributed by atoms with Crippen molar-refractivity contribution in [3.05, 3.63) is 53.3 Å². The molecule has 154 valence electrons. The molecule has 2 aromatic carbocycles. The van der Waals surface area contributed by atoms with Gasteiger partial charge in [-0.3, -0.25) is 9.59 Å². The van der Waals surface area contributed by atoms with E-state index >= 15 is 0 Å². The summed E-state index contributed by atoms with van der Waals surface area (Å²) in [4.78, 5) is 24.9. The highest BCUT2D eigenvalue weighted by molar-refractivity contribution is 6.04. The third-order valence-electron chi connectivity index (χ3n) is 4.91. The van der Waals surface area contributed by atoms with Crippen LogP contribution in [0.15, 0.2) is 36.4 Å². The summed E-state index contributed by atoms with van der Waals surface area (Å²) in [5, 5.41) is 5.51. The van der Waals surface area contributed by atoms with Gasteiger partial charge in [-0.25, -0.2) is 4.39 Å². The Morgan fingerprint density at radius 2 is 1.93 bits per heavy atom. The molecule has 3 rings (SSSR count). The summed E-state index contributed by atoms with van der Waals surface area (Å²) in [6, 6.07) is 9.12. The van der Waals surface area contributed by atoms with Crippen LogP contribution in [0.3, 0.4) is 0 Å². The van der Waals surface area contributed by atoms with Crippen LogP contribution in [0.4, 0.5) is 10.1 Å². The molecular weight excluding hydrogens is 375 g/mol. The smallest absolute Gasteiger partial charge is 0.253 e. The van der Waals surface area contributed by atoms with E-state index in [0.29, 0.717) is 29.7 Å². The van der Waals surface area contributed by atoms with E-state index in [4.69, 9.17) is 9.47 Å². The van der Waals surface area contributed by atoms with Crippen molar-refractivity contribution in [2.75, 3.05) is 19.0 Å². The Bertz CT molecular complexity index is 916. The first-order valence-corrected chi connectivity index (χ1v) is 9.61. The lowest BCUT2D eigenvalue weighted by atomic mass is 10.1. The van der Waals surface area contributed by atoms with E-state index in [9.17, 15) is 14.0 Å². The van der Waals surface area contributed by atoms with Gasteiger partial charge in [-0.2, -0.15) is 0 Å². The maximum atomic E-state index is 13.7. The Labute approximate surface area is 169 Å². The van der Waals surface area contributed by atoms with Crippen LogP contribution in [0.5, 0.6) is 11.5 Å². The molecule has 7 heteroatoms. The zero-order valence-corrected chi connectivity index (χ0v) is 16.8. The van der Waals surface area contributed by atoms with Crippen LogP contribution < -0.4 is 20.1 Å². The van der Waals surface area contributed by atoms with Gasteiger partial charge in [0, 0.05) is 12.5 Å². The van der Waals surface area contributed by atoms with Gasteiger partial charge in [0.15, 0.2) is 11.5 Å². The molecule has 0 aromatic heterocycles. The molecule has 0 radical (unpaired) electrons. The van der Waals surface area contributed by atoms with Crippen LogP contribution in [-0.4, -0.2) is 25.5 Å². The van der Waals surface area contributed by atoms with Gasteiger partial charge in [0.2, 0.25) is 5.91 Å². The minimum Gasteiger partial charge on any atom is -0.493 e. The summed E-state index contributed by atoms with van der Waals surface area (Å²) < 4.78 is 24.5. The van der Waals surface area contributed by atoms with Crippen LogP contribution in [0.25, 0.3) is 0 Å². The molecule has 1 saturated carbocycles. The molecule has 1 aliphatic rings. The second-order valence-corrected chi connectivity index (χ2v) is 7.10. The van der Waals surface area contributed by atoms with Gasteiger partial charge in [0.1, 0.15) is 5.82 Å². The molecule has 0 spiro atoms. The zero-order chi connectivity index (χ0) is 21.0. The second-order valence-electron chi connectivity index (χ2n) is 7.10. The fraction of sp³-hybridized carbons (Fsp3) is 0.364. The molecule has 0 aliphatic heterocycles. The van der Waals surface area contributed by atoms with Crippen LogP contribution in [0, 0.1) is 17.7 Å². The predicted octanol–water partition coefficient (Wildman–Crippen LogP) is 3.76. The molecule has 0 heterocycles. The fourth-order valence-electron chi connectivity index (χ4n) is 3.10. The van der Waals surface area contributed by atoms with Gasteiger partial charge >= 0.3 is 0 Å². The quantitative estimate of drug-likeness (QED) is 0.707. The fourth-order valence-corrected chi connectivity index (χ4v) is 3.10. The van der Waals surface area contributed by atoms with Crippen LogP contribution in [-0.2, 0) is 11.3 Å². The molecule has 2 amide bonds. The van der Waals surface area contributed by atoms with Crippen molar-refractivity contribution in [2.24, 2.45) is 11.8 Å². The van der Waals surface area contributed by atoms with Gasteiger partial charge in [0.25, 0.3) is 5.91 Å². The minimum atomic E-state index is -0.546. The van der Waals surface area contributed by atoms with Gasteiger partial charge in [-0.15, -0.1) is 0 Å². The normalized spacial score (nSPS) is 17.4. The van der Waals surface area contributed by atoms with E-state index in [2.05, 4.69) is 10.6 Å². The van der Waals surface area contributed by atoms with E-state index in [-0.39, 0.29) is 23.9 Å². The van der Waals surface area contributed by atoms with E-state index in [0.717, 1.165) is 18.1 Å². The summed E-state index contributed by atoms with van der Waals surface area (Å²) in [7, 11) is 1.54. The molecule has 1 aliphatic carbocycles. The molecule has 0 bridgehead atoms. The number of amides is 2. The number of rotatable bonds is 8. The maximum Gasteiger partial charge on any atom is 0.253 e. The first kappa shape index (κ1) is 20.6. The number of hydrogen-bond acceptors (Lipinski definition) is 4. The van der Waals surface area contributed by atoms with Gasteiger partial charge in [-0.1, -0.05) is 13.0 Å². The molecule has 2 N–H and O–H groups in total. The summed E-state index contributed by atoms with van der Waals surface area (Å²) in [5.74, 6) is 0.307. The minimum absolute atomic E-state index is 0.0488. The summed E-state index contributed by atoms with van der Waals surface area (Å²) in [5.41, 5.74) is 1.19. The predicted molar refractivity (Wildman–Crippen MR) is 108 cm³/mol. The molecule has 2 aromatic rings. The third kappa shape index (κ3) is 5.04. The Morgan fingerprint density at radius 3 is 2.59 bits per heavy atom. The molecule has 29 heavy (non-hydrogen) atoms. The lowest BCUT2D eigenvalue weighted by Gasteiger charge is -2.13. The van der Waals surface area contributed by atoms with Gasteiger partial charge in [0.05, 0.1) is 25.0 Å². The lowest BCUT2D eigenvalue weighted by molar-refractivity contribution is -0.117. The number of anilines is 1. The van der Waals surface area contributed by atoms with Crippen molar-refractivity contribution < 1.29 is 23.5 Å². The number of methoxy groups -OCH3 is 1. The highest BCUT2D eigenvalue weighted by Crippen LogP contribution is 2.38. The van der Waals surface area contributed by atoms with E-state index in [1.165, 1.54) is 12.1 Å². The molecule has 1 fully saturated rings. The third-order valence-corrected chi connectivity index (χ3v) is 4.91. The van der Waals surface area contributed by atoms with E-state index in [1.807, 2.05) is 19.9 Å². The SMILES string of the molecule is CCOc1ccc(CNC(=O)c2cc(F)ccc2NC(=O)C2CC2C)cc1OC. The number of benzene rings is 2. The number of carbonyl (C=O) groups is 2. The number of hydrogen-bond donors (Lipinski definition) is 2. The largest absolute Gasteiger partial charge is 0.493 e. The van der Waals surface area contributed by atoms with Crippen LogP contribution in [0.2, 0.25) is 0 Å². The molecule has 0 saturated heterocycles. The lowest BCUT2D eigenvalue weighted by Crippen LogP contribution is -2.25. The van der Waals surface area contributed by atoms with Crippen molar-refractivity contribution >= 4 is 17.5 Å². The number of ether oxygens (including phenoxy) is 2. The molecule has 2 atom stereocenters. The second kappa shape index (κ2) is 8.94. The zero-order valence-electron chi connectivity index (χ0n) is 16.8. The Kier molecular flexibility index (Phi) is 6.36. The van der Waals surface area contributed by atoms with Crippen molar-refractivity contribution in [3.63, 3.8) is 0 Å². The highest BCUT2D eigenvalue weighted by atomic mass is 19.1. The maximum absolute atomic E-state index is 13.7. The highest BCUT2D eigenvalue weighted by Gasteiger charge is 2.39. The monoisotopic (exact) mass is 400 g/mol. The average Bonchev–Trinajstić information content (AvgIpc) is 3.45. The topological polar surface area (TPSA) is 76.7 Å². The Hall–Kier alpha value is -3.09. The summed E-state index contributed by atoms with van der Waals surface area (Å²) >= 11 is 0. The van der Waals surface area contributed by atoms with Crippen molar-refractivity contribution in [2.45, 2.75) is 26.8 Å². The first-order valence-electron chi connectivity index (χ1n) is 9.61. The molecule has 6 nitrogen and oxygen atoms in total. The Balaban J connectivity index is 1.70. The standard InChI is InChI=1S/C22H25FN2O4/c1-4-29-19-8-5-14(10-20(19)28-3)12-24-21(26)17-11-15(23)6-7-18(17)25-22(27)16-9-13(16)2/h5-8,10-11,13,16H,4,9,12H2,1-3H3,(H,24,26)(H,25,27). The van der Waals surface area contributed by atoms with Gasteiger partial charge in [-0.05, 0) is 55.2 Å².